The highest BCUT2D eigenvalue weighted by Gasteiger charge is 2.09. The van der Waals surface area contributed by atoms with E-state index in [0.29, 0.717) is 13.1 Å². The van der Waals surface area contributed by atoms with E-state index in [1.807, 2.05) is 13.1 Å². The monoisotopic (exact) mass is 294 g/mol. The van der Waals surface area contributed by atoms with Gasteiger partial charge in [0.15, 0.2) is 0 Å². The van der Waals surface area contributed by atoms with Crippen molar-refractivity contribution in [3.63, 3.8) is 0 Å². The summed E-state index contributed by atoms with van der Waals surface area (Å²) in [7, 11) is 2.03. The van der Waals surface area contributed by atoms with E-state index in [1.165, 1.54) is 17.0 Å². The maximum Gasteiger partial charge on any atom is 0.387 e. The Morgan fingerprint density at radius 2 is 1.81 bits per heavy atom. The molecule has 0 atom stereocenters. The number of nitrogens with zero attached hydrogens (tertiary/aromatic N) is 1. The Morgan fingerprint density at radius 3 is 2.43 bits per heavy atom. The van der Waals surface area contributed by atoms with Crippen LogP contribution in [0.3, 0.4) is 0 Å². The van der Waals surface area contributed by atoms with Gasteiger partial charge in [-0.2, -0.15) is 8.78 Å². The number of ether oxygens (including phenoxy) is 1. The third-order valence-corrected chi connectivity index (χ3v) is 3.70. The molecule has 5 heteroatoms. The number of aromatic nitrogens is 1. The molecule has 114 valence electrons. The van der Waals surface area contributed by atoms with E-state index in [4.69, 9.17) is 0 Å². The van der Waals surface area contributed by atoms with Crippen LogP contribution in [0.25, 0.3) is 0 Å². The zero-order chi connectivity index (χ0) is 15.4. The Morgan fingerprint density at radius 1 is 1.14 bits per heavy atom. The van der Waals surface area contributed by atoms with Gasteiger partial charge in [-0.1, -0.05) is 18.2 Å². The summed E-state index contributed by atoms with van der Waals surface area (Å²) in [6.45, 7) is 2.50. The van der Waals surface area contributed by atoms with Crippen molar-refractivity contribution in [1.82, 2.24) is 9.88 Å². The molecule has 2 aromatic rings. The number of hydrogen-bond acceptors (Lipinski definition) is 2. The molecule has 21 heavy (non-hydrogen) atoms. The summed E-state index contributed by atoms with van der Waals surface area (Å²) < 4.78 is 31.3. The molecule has 0 amide bonds. The predicted molar refractivity (Wildman–Crippen MR) is 78.5 cm³/mol. The summed E-state index contributed by atoms with van der Waals surface area (Å²) in [5.41, 5.74) is 4.34. The number of nitrogens with one attached hydrogen (secondary N) is 1. The van der Waals surface area contributed by atoms with Crippen LogP contribution in [0.5, 0.6) is 5.75 Å². The first-order valence-corrected chi connectivity index (χ1v) is 6.84. The van der Waals surface area contributed by atoms with Crippen LogP contribution in [-0.2, 0) is 20.1 Å². The van der Waals surface area contributed by atoms with Crippen LogP contribution in [0.4, 0.5) is 8.78 Å². The first-order valence-electron chi connectivity index (χ1n) is 6.84. The van der Waals surface area contributed by atoms with E-state index in [9.17, 15) is 8.78 Å². The number of alkyl halides is 2. The molecule has 0 fully saturated rings. The fraction of sp³-hybridized carbons (Fsp3) is 0.375. The van der Waals surface area contributed by atoms with Crippen LogP contribution in [0.2, 0.25) is 0 Å². The number of para-hydroxylation sites is 1. The van der Waals surface area contributed by atoms with E-state index >= 15 is 0 Å². The van der Waals surface area contributed by atoms with Crippen molar-refractivity contribution >= 4 is 0 Å². The lowest BCUT2D eigenvalue weighted by molar-refractivity contribution is -0.0505. The largest absolute Gasteiger partial charge is 0.434 e. The molecular formula is C16H20F2N2O. The van der Waals surface area contributed by atoms with E-state index < -0.39 is 6.61 Å². The fourth-order valence-corrected chi connectivity index (χ4v) is 2.30. The summed E-state index contributed by atoms with van der Waals surface area (Å²) in [5, 5.41) is 3.27. The van der Waals surface area contributed by atoms with Gasteiger partial charge in [0.1, 0.15) is 5.75 Å². The standard InChI is InChI=1S/C16H20F2N2O/c1-11-8-14(12(2)20(11)3)10-19-9-13-6-4-5-7-15(13)21-16(17)18/h4-8,16,19H,9-10H2,1-3H3. The van der Waals surface area contributed by atoms with Gasteiger partial charge in [0.05, 0.1) is 0 Å². The minimum Gasteiger partial charge on any atom is -0.434 e. The Balaban J connectivity index is 1.99. The average molecular weight is 294 g/mol. The molecule has 0 bridgehead atoms. The minimum absolute atomic E-state index is 0.223. The van der Waals surface area contributed by atoms with Crippen molar-refractivity contribution in [2.75, 3.05) is 0 Å². The Bertz CT molecular complexity index is 608. The van der Waals surface area contributed by atoms with E-state index in [1.54, 1.807) is 18.2 Å². The first kappa shape index (κ1) is 15.5. The number of halogens is 2. The average Bonchev–Trinajstić information content (AvgIpc) is 2.68. The van der Waals surface area contributed by atoms with Crippen LogP contribution < -0.4 is 10.1 Å². The maximum absolute atomic E-state index is 12.3. The molecule has 1 N–H and O–H groups in total. The van der Waals surface area contributed by atoms with Crippen LogP contribution in [0, 0.1) is 13.8 Å². The molecule has 0 spiro atoms. The second-order valence-corrected chi connectivity index (χ2v) is 5.05. The number of hydrogen-bond donors (Lipinski definition) is 1. The maximum atomic E-state index is 12.3. The topological polar surface area (TPSA) is 26.2 Å². The van der Waals surface area contributed by atoms with Crippen molar-refractivity contribution in [3.05, 3.63) is 52.8 Å². The van der Waals surface area contributed by atoms with Crippen molar-refractivity contribution in [1.29, 1.82) is 0 Å². The smallest absolute Gasteiger partial charge is 0.387 e. The van der Waals surface area contributed by atoms with Crippen LogP contribution in [0.15, 0.2) is 30.3 Å². The molecule has 0 saturated heterocycles. The van der Waals surface area contributed by atoms with Gasteiger partial charge in [0, 0.05) is 37.1 Å². The second-order valence-electron chi connectivity index (χ2n) is 5.05. The summed E-state index contributed by atoms with van der Waals surface area (Å²) >= 11 is 0. The molecule has 0 radical (unpaired) electrons. The van der Waals surface area contributed by atoms with E-state index in [0.717, 1.165) is 5.56 Å². The highest BCUT2D eigenvalue weighted by Crippen LogP contribution is 2.20. The molecule has 1 aromatic carbocycles. The van der Waals surface area contributed by atoms with Crippen molar-refractivity contribution in [3.8, 4) is 5.75 Å². The van der Waals surface area contributed by atoms with E-state index in [-0.39, 0.29) is 5.75 Å². The van der Waals surface area contributed by atoms with Gasteiger partial charge < -0.3 is 14.6 Å². The third-order valence-electron chi connectivity index (χ3n) is 3.70. The molecule has 0 aliphatic heterocycles. The zero-order valence-corrected chi connectivity index (χ0v) is 12.5. The number of rotatable bonds is 6. The zero-order valence-electron chi connectivity index (χ0n) is 12.5. The molecule has 0 aliphatic carbocycles. The van der Waals surface area contributed by atoms with Gasteiger partial charge in [0.25, 0.3) is 0 Å². The Hall–Kier alpha value is -1.88. The Kier molecular flexibility index (Phi) is 4.96. The lowest BCUT2D eigenvalue weighted by Crippen LogP contribution is -2.15. The molecule has 2 rings (SSSR count). The number of benzene rings is 1. The van der Waals surface area contributed by atoms with Gasteiger partial charge in [0.2, 0.25) is 0 Å². The molecule has 0 unspecified atom stereocenters. The summed E-state index contributed by atoms with van der Waals surface area (Å²) in [6, 6.07) is 8.97. The van der Waals surface area contributed by atoms with Crippen molar-refractivity contribution in [2.24, 2.45) is 7.05 Å². The molecule has 1 heterocycles. The molecular weight excluding hydrogens is 274 g/mol. The van der Waals surface area contributed by atoms with Crippen LogP contribution in [-0.4, -0.2) is 11.2 Å². The molecule has 0 saturated carbocycles. The van der Waals surface area contributed by atoms with Gasteiger partial charge in [-0.15, -0.1) is 0 Å². The highest BCUT2D eigenvalue weighted by atomic mass is 19.3. The fourth-order valence-electron chi connectivity index (χ4n) is 2.30. The third kappa shape index (κ3) is 3.82. The summed E-state index contributed by atoms with van der Waals surface area (Å²) in [4.78, 5) is 0. The summed E-state index contributed by atoms with van der Waals surface area (Å²) in [5.74, 6) is 0.223. The normalized spacial score (nSPS) is 11.1. The minimum atomic E-state index is -2.80. The molecule has 3 nitrogen and oxygen atoms in total. The van der Waals surface area contributed by atoms with Crippen LogP contribution in [0.1, 0.15) is 22.5 Å². The lowest BCUT2D eigenvalue weighted by atomic mass is 10.2. The lowest BCUT2D eigenvalue weighted by Gasteiger charge is -2.11. The van der Waals surface area contributed by atoms with Gasteiger partial charge in [-0.25, -0.2) is 0 Å². The predicted octanol–water partition coefficient (Wildman–Crippen LogP) is 3.53. The first-order chi connectivity index (χ1) is 9.99. The SMILES string of the molecule is Cc1cc(CNCc2ccccc2OC(F)F)c(C)n1C. The van der Waals surface area contributed by atoms with E-state index in [2.05, 4.69) is 34.5 Å². The van der Waals surface area contributed by atoms with Crippen molar-refractivity contribution in [2.45, 2.75) is 33.5 Å². The van der Waals surface area contributed by atoms with Crippen LogP contribution >= 0.6 is 0 Å². The summed E-state index contributed by atoms with van der Waals surface area (Å²) in [6.07, 6.45) is 0. The Labute approximate surface area is 123 Å². The van der Waals surface area contributed by atoms with Crippen molar-refractivity contribution < 1.29 is 13.5 Å². The quantitative estimate of drug-likeness (QED) is 0.882. The number of aryl methyl sites for hydroxylation is 1. The second kappa shape index (κ2) is 6.72. The molecule has 0 aliphatic rings. The van der Waals surface area contributed by atoms with Gasteiger partial charge in [-0.3, -0.25) is 0 Å². The van der Waals surface area contributed by atoms with Gasteiger partial charge >= 0.3 is 6.61 Å². The highest BCUT2D eigenvalue weighted by molar-refractivity contribution is 5.33. The van der Waals surface area contributed by atoms with Gasteiger partial charge in [-0.05, 0) is 31.5 Å². The molecule has 1 aromatic heterocycles.